The molecule has 6 heteroatoms. The Morgan fingerprint density at radius 1 is 1.14 bits per heavy atom. The van der Waals surface area contributed by atoms with Crippen molar-refractivity contribution in [2.24, 2.45) is 0 Å². The average molecular weight is 304 g/mol. The number of nitrogens with one attached hydrogen (secondary N) is 2. The van der Waals surface area contributed by atoms with Crippen LogP contribution < -0.4 is 20.1 Å². The molecule has 0 spiro atoms. The van der Waals surface area contributed by atoms with Crippen LogP contribution in [0.3, 0.4) is 0 Å². The molecule has 1 aromatic rings. The number of rotatable bonds is 2. The lowest BCUT2D eigenvalue weighted by atomic mass is 10.1. The molecule has 2 amide bonds. The predicted molar refractivity (Wildman–Crippen MR) is 80.2 cm³/mol. The van der Waals surface area contributed by atoms with Gasteiger partial charge in [0.25, 0.3) is 5.91 Å². The van der Waals surface area contributed by atoms with Gasteiger partial charge in [-0.05, 0) is 37.5 Å². The third kappa shape index (κ3) is 3.32. The van der Waals surface area contributed by atoms with E-state index in [-0.39, 0.29) is 11.8 Å². The number of fused-ring (bicyclic) bond motifs is 1. The topological polar surface area (TPSA) is 76.7 Å². The van der Waals surface area contributed by atoms with Crippen LogP contribution in [0.5, 0.6) is 11.5 Å². The third-order valence-corrected chi connectivity index (χ3v) is 3.85. The molecule has 0 bridgehead atoms. The fraction of sp³-hybridized carbons (Fsp3) is 0.500. The number of hydrogen-bond donors (Lipinski definition) is 2. The summed E-state index contributed by atoms with van der Waals surface area (Å²) in [5.74, 6) is 0.856. The molecule has 0 saturated carbocycles. The SMILES string of the molecule is O=C(NC1CCCCNC1=O)c1ccc2c(c1)OCCCO2. The summed E-state index contributed by atoms with van der Waals surface area (Å²) in [4.78, 5) is 24.2. The van der Waals surface area contributed by atoms with E-state index in [2.05, 4.69) is 10.6 Å². The van der Waals surface area contributed by atoms with Crippen LogP contribution in [-0.4, -0.2) is 37.6 Å². The van der Waals surface area contributed by atoms with Crippen LogP contribution in [0.4, 0.5) is 0 Å². The van der Waals surface area contributed by atoms with Crippen LogP contribution in [0.1, 0.15) is 36.0 Å². The van der Waals surface area contributed by atoms with Crippen molar-refractivity contribution in [3.63, 3.8) is 0 Å². The van der Waals surface area contributed by atoms with Crippen LogP contribution in [0, 0.1) is 0 Å². The van der Waals surface area contributed by atoms with Crippen molar-refractivity contribution in [2.75, 3.05) is 19.8 Å². The Labute approximate surface area is 129 Å². The van der Waals surface area contributed by atoms with Gasteiger partial charge in [0.1, 0.15) is 6.04 Å². The highest BCUT2D eigenvalue weighted by atomic mass is 16.5. The van der Waals surface area contributed by atoms with Crippen molar-refractivity contribution < 1.29 is 19.1 Å². The summed E-state index contributed by atoms with van der Waals surface area (Å²) in [5.41, 5.74) is 0.473. The van der Waals surface area contributed by atoms with Crippen LogP contribution in [0.2, 0.25) is 0 Å². The van der Waals surface area contributed by atoms with Crippen molar-refractivity contribution in [1.29, 1.82) is 0 Å². The van der Waals surface area contributed by atoms with Crippen molar-refractivity contribution in [3.8, 4) is 11.5 Å². The van der Waals surface area contributed by atoms with E-state index in [0.717, 1.165) is 19.3 Å². The maximum Gasteiger partial charge on any atom is 0.252 e. The Morgan fingerprint density at radius 2 is 1.95 bits per heavy atom. The molecule has 2 aliphatic heterocycles. The van der Waals surface area contributed by atoms with Crippen molar-refractivity contribution in [3.05, 3.63) is 23.8 Å². The number of carbonyl (C=O) groups excluding carboxylic acids is 2. The molecule has 1 fully saturated rings. The Bertz CT molecular complexity index is 573. The quantitative estimate of drug-likeness (QED) is 0.862. The molecule has 6 nitrogen and oxygen atoms in total. The summed E-state index contributed by atoms with van der Waals surface area (Å²) in [7, 11) is 0. The second kappa shape index (κ2) is 6.68. The van der Waals surface area contributed by atoms with Gasteiger partial charge in [-0.1, -0.05) is 0 Å². The van der Waals surface area contributed by atoms with Gasteiger partial charge in [0.05, 0.1) is 13.2 Å². The van der Waals surface area contributed by atoms with E-state index in [4.69, 9.17) is 9.47 Å². The highest BCUT2D eigenvalue weighted by Gasteiger charge is 2.23. The van der Waals surface area contributed by atoms with Crippen molar-refractivity contribution in [2.45, 2.75) is 31.7 Å². The first-order valence-corrected chi connectivity index (χ1v) is 7.72. The summed E-state index contributed by atoms with van der Waals surface area (Å²) < 4.78 is 11.1. The molecule has 3 rings (SSSR count). The molecular formula is C16H20N2O4. The van der Waals surface area contributed by atoms with Gasteiger partial charge in [0.2, 0.25) is 5.91 Å². The zero-order valence-electron chi connectivity index (χ0n) is 12.4. The second-order valence-corrected chi connectivity index (χ2v) is 5.52. The first-order valence-electron chi connectivity index (χ1n) is 7.72. The largest absolute Gasteiger partial charge is 0.490 e. The summed E-state index contributed by atoms with van der Waals surface area (Å²) in [6.07, 6.45) is 3.35. The van der Waals surface area contributed by atoms with Gasteiger partial charge in [-0.2, -0.15) is 0 Å². The van der Waals surface area contributed by atoms with Gasteiger partial charge in [0.15, 0.2) is 11.5 Å². The standard InChI is InChI=1S/C16H20N2O4/c19-15(18-12-4-1-2-7-17-16(12)20)11-5-6-13-14(10-11)22-9-3-8-21-13/h5-6,10,12H,1-4,7-9H2,(H,17,20)(H,18,19). The fourth-order valence-electron chi connectivity index (χ4n) is 2.62. The molecule has 22 heavy (non-hydrogen) atoms. The van der Waals surface area contributed by atoms with Crippen LogP contribution in [-0.2, 0) is 4.79 Å². The minimum atomic E-state index is -0.467. The Balaban J connectivity index is 1.71. The molecule has 2 N–H and O–H groups in total. The lowest BCUT2D eigenvalue weighted by Crippen LogP contribution is -2.45. The molecule has 0 aliphatic carbocycles. The van der Waals surface area contributed by atoms with Crippen molar-refractivity contribution >= 4 is 11.8 Å². The van der Waals surface area contributed by atoms with Crippen LogP contribution in [0.15, 0.2) is 18.2 Å². The minimum Gasteiger partial charge on any atom is -0.490 e. The van der Waals surface area contributed by atoms with E-state index < -0.39 is 6.04 Å². The normalized spacial score (nSPS) is 21.3. The molecule has 0 radical (unpaired) electrons. The molecule has 118 valence electrons. The zero-order valence-corrected chi connectivity index (χ0v) is 12.4. The molecule has 2 heterocycles. The maximum atomic E-state index is 12.4. The molecule has 1 saturated heterocycles. The highest BCUT2D eigenvalue weighted by Crippen LogP contribution is 2.30. The van der Waals surface area contributed by atoms with Gasteiger partial charge >= 0.3 is 0 Å². The summed E-state index contributed by atoms with van der Waals surface area (Å²) >= 11 is 0. The number of carbonyl (C=O) groups is 2. The van der Waals surface area contributed by atoms with Gasteiger partial charge < -0.3 is 20.1 Å². The predicted octanol–water partition coefficient (Wildman–Crippen LogP) is 1.25. The van der Waals surface area contributed by atoms with E-state index in [1.807, 2.05) is 0 Å². The molecule has 1 atom stereocenters. The third-order valence-electron chi connectivity index (χ3n) is 3.85. The molecule has 1 aromatic carbocycles. The van der Waals surface area contributed by atoms with Gasteiger partial charge in [-0.3, -0.25) is 9.59 Å². The first kappa shape index (κ1) is 14.7. The maximum absolute atomic E-state index is 12.4. The zero-order chi connectivity index (χ0) is 15.4. The fourth-order valence-corrected chi connectivity index (χ4v) is 2.62. The smallest absolute Gasteiger partial charge is 0.252 e. The second-order valence-electron chi connectivity index (χ2n) is 5.52. The highest BCUT2D eigenvalue weighted by molar-refractivity contribution is 5.98. The van der Waals surface area contributed by atoms with Crippen LogP contribution in [0.25, 0.3) is 0 Å². The Hall–Kier alpha value is -2.24. The number of ether oxygens (including phenoxy) is 2. The number of benzene rings is 1. The molecular weight excluding hydrogens is 284 g/mol. The van der Waals surface area contributed by atoms with Gasteiger partial charge in [0, 0.05) is 18.5 Å². The van der Waals surface area contributed by atoms with Gasteiger partial charge in [-0.15, -0.1) is 0 Å². The number of hydrogen-bond acceptors (Lipinski definition) is 4. The lowest BCUT2D eigenvalue weighted by molar-refractivity contribution is -0.122. The molecule has 1 unspecified atom stereocenters. The summed E-state index contributed by atoms with van der Waals surface area (Å²) in [6, 6.07) is 4.64. The molecule has 2 aliphatic rings. The van der Waals surface area contributed by atoms with Crippen LogP contribution >= 0.6 is 0 Å². The van der Waals surface area contributed by atoms with E-state index in [1.165, 1.54) is 0 Å². The Kier molecular flexibility index (Phi) is 4.46. The minimum absolute atomic E-state index is 0.111. The van der Waals surface area contributed by atoms with E-state index in [9.17, 15) is 9.59 Å². The summed E-state index contributed by atoms with van der Waals surface area (Å²) in [5, 5.41) is 5.61. The Morgan fingerprint density at radius 3 is 2.82 bits per heavy atom. The monoisotopic (exact) mass is 304 g/mol. The van der Waals surface area contributed by atoms with Gasteiger partial charge in [-0.25, -0.2) is 0 Å². The lowest BCUT2D eigenvalue weighted by Gasteiger charge is -2.16. The summed E-state index contributed by atoms with van der Waals surface area (Å²) in [6.45, 7) is 1.86. The first-order chi connectivity index (χ1) is 10.7. The average Bonchev–Trinajstić information content (AvgIpc) is 2.87. The van der Waals surface area contributed by atoms with E-state index in [0.29, 0.717) is 43.2 Å². The molecule has 0 aromatic heterocycles. The van der Waals surface area contributed by atoms with E-state index in [1.54, 1.807) is 18.2 Å². The van der Waals surface area contributed by atoms with E-state index >= 15 is 0 Å². The van der Waals surface area contributed by atoms with Crippen molar-refractivity contribution in [1.82, 2.24) is 10.6 Å². The number of amides is 2.